The normalized spacial score (nSPS) is 25.4. The van der Waals surface area contributed by atoms with Crippen molar-refractivity contribution < 1.29 is 4.79 Å². The smallest absolute Gasteiger partial charge is 0.133 e. The van der Waals surface area contributed by atoms with E-state index in [1.54, 1.807) is 6.92 Å². The van der Waals surface area contributed by atoms with Crippen molar-refractivity contribution in [1.82, 2.24) is 0 Å². The molecule has 1 aliphatic carbocycles. The quantitative estimate of drug-likeness (QED) is 0.561. The third kappa shape index (κ3) is 1.79. The van der Waals surface area contributed by atoms with E-state index in [1.807, 2.05) is 0 Å². The third-order valence-corrected chi connectivity index (χ3v) is 2.36. The van der Waals surface area contributed by atoms with Gasteiger partial charge in [0.05, 0.1) is 0 Å². The Bertz CT molecular complexity index is 213. The summed E-state index contributed by atoms with van der Waals surface area (Å²) in [5.74, 6) is 0.506. The van der Waals surface area contributed by atoms with Gasteiger partial charge in [-0.25, -0.2) is 0 Å². The van der Waals surface area contributed by atoms with Crippen molar-refractivity contribution in [1.29, 1.82) is 0 Å². The number of Topliss-reactive ketones (excluding diaryl/α,β-unsaturated/α-hetero) is 1. The highest BCUT2D eigenvalue weighted by molar-refractivity contribution is 5.79. The van der Waals surface area contributed by atoms with Crippen molar-refractivity contribution >= 4 is 5.78 Å². The maximum Gasteiger partial charge on any atom is 0.133 e. The van der Waals surface area contributed by atoms with Gasteiger partial charge in [0.15, 0.2) is 0 Å². The van der Waals surface area contributed by atoms with Crippen LogP contribution in [-0.4, -0.2) is 5.78 Å². The lowest BCUT2D eigenvalue weighted by molar-refractivity contribution is -0.121. The number of hydrogen-bond donors (Lipinski definition) is 0. The van der Waals surface area contributed by atoms with Gasteiger partial charge in [-0.15, -0.1) is 0 Å². The highest BCUT2D eigenvalue weighted by Crippen LogP contribution is 2.30. The lowest BCUT2D eigenvalue weighted by atomic mass is 9.82. The van der Waals surface area contributed by atoms with E-state index < -0.39 is 0 Å². The molecule has 0 aromatic heterocycles. The van der Waals surface area contributed by atoms with Crippen LogP contribution < -0.4 is 0 Å². The molecule has 1 aliphatic rings. The van der Waals surface area contributed by atoms with E-state index in [0.717, 1.165) is 30.4 Å². The number of allylic oxidation sites excluding steroid dienone is 2. The van der Waals surface area contributed by atoms with Crippen LogP contribution in [0, 0.1) is 5.92 Å². The summed E-state index contributed by atoms with van der Waals surface area (Å²) < 4.78 is 0. The van der Waals surface area contributed by atoms with Crippen LogP contribution in [0.3, 0.4) is 0 Å². The molecule has 0 spiro atoms. The lowest BCUT2D eigenvalue weighted by Crippen LogP contribution is -2.16. The van der Waals surface area contributed by atoms with E-state index in [2.05, 4.69) is 13.2 Å². The third-order valence-electron chi connectivity index (χ3n) is 2.36. The van der Waals surface area contributed by atoms with E-state index in [9.17, 15) is 4.79 Å². The van der Waals surface area contributed by atoms with Gasteiger partial charge in [-0.3, -0.25) is 4.79 Å². The number of rotatable bonds is 1. The molecule has 0 amide bonds. The summed E-state index contributed by atoms with van der Waals surface area (Å²) in [5.41, 5.74) is 2.19. The van der Waals surface area contributed by atoms with Gasteiger partial charge in [-0.2, -0.15) is 0 Å². The number of hydrogen-bond acceptors (Lipinski definition) is 1. The van der Waals surface area contributed by atoms with Crippen molar-refractivity contribution in [3.8, 4) is 0 Å². The number of carbonyl (C=O) groups is 1. The summed E-state index contributed by atoms with van der Waals surface area (Å²) in [7, 11) is 0. The Kier molecular flexibility index (Phi) is 2.28. The van der Waals surface area contributed by atoms with E-state index in [0.29, 0.717) is 5.78 Å². The molecule has 1 fully saturated rings. The molecule has 0 heterocycles. The minimum atomic E-state index is 0.216. The monoisotopic (exact) mass is 150 g/mol. The second-order valence-corrected chi connectivity index (χ2v) is 3.26. The van der Waals surface area contributed by atoms with Gasteiger partial charge in [0, 0.05) is 5.92 Å². The Hall–Kier alpha value is -0.850. The van der Waals surface area contributed by atoms with Crippen LogP contribution in [0.15, 0.2) is 24.3 Å². The first-order valence-corrected chi connectivity index (χ1v) is 3.97. The van der Waals surface area contributed by atoms with Crippen LogP contribution in [0.1, 0.15) is 26.2 Å². The molecule has 0 radical (unpaired) electrons. The zero-order chi connectivity index (χ0) is 8.43. The average molecular weight is 150 g/mol. The van der Waals surface area contributed by atoms with E-state index in [1.165, 1.54) is 0 Å². The SMILES string of the molecule is C=C1CCC(C(C)=O)CC1=C. The Labute approximate surface area is 67.8 Å². The van der Waals surface area contributed by atoms with E-state index in [-0.39, 0.29) is 5.92 Å². The topological polar surface area (TPSA) is 17.1 Å². The summed E-state index contributed by atoms with van der Waals surface area (Å²) in [6, 6.07) is 0. The Morgan fingerprint density at radius 3 is 2.55 bits per heavy atom. The molecule has 0 N–H and O–H groups in total. The second-order valence-electron chi connectivity index (χ2n) is 3.26. The summed E-state index contributed by atoms with van der Waals surface area (Å²) in [4.78, 5) is 11.0. The molecule has 1 atom stereocenters. The largest absolute Gasteiger partial charge is 0.300 e. The van der Waals surface area contributed by atoms with E-state index >= 15 is 0 Å². The average Bonchev–Trinajstić information content (AvgIpc) is 1.94. The molecule has 1 nitrogen and oxygen atoms in total. The molecule has 1 rings (SSSR count). The molecular weight excluding hydrogens is 136 g/mol. The first-order chi connectivity index (χ1) is 5.11. The standard InChI is InChI=1S/C10H14O/c1-7-4-5-10(9(3)11)6-8(7)2/h10H,1-2,4-6H2,3H3. The second kappa shape index (κ2) is 3.04. The molecule has 1 heteroatoms. The molecule has 11 heavy (non-hydrogen) atoms. The molecule has 1 saturated carbocycles. The van der Waals surface area contributed by atoms with Gasteiger partial charge in [0.2, 0.25) is 0 Å². The van der Waals surface area contributed by atoms with Gasteiger partial charge in [-0.05, 0) is 26.2 Å². The minimum absolute atomic E-state index is 0.216. The Morgan fingerprint density at radius 1 is 1.45 bits per heavy atom. The minimum Gasteiger partial charge on any atom is -0.300 e. The predicted molar refractivity (Wildman–Crippen MR) is 46.3 cm³/mol. The van der Waals surface area contributed by atoms with Crippen molar-refractivity contribution in [3.63, 3.8) is 0 Å². The van der Waals surface area contributed by atoms with Crippen LogP contribution in [0.2, 0.25) is 0 Å². The molecule has 60 valence electrons. The van der Waals surface area contributed by atoms with Crippen LogP contribution in [-0.2, 0) is 4.79 Å². The maximum absolute atomic E-state index is 11.0. The van der Waals surface area contributed by atoms with Crippen molar-refractivity contribution in [2.45, 2.75) is 26.2 Å². The fourth-order valence-electron chi connectivity index (χ4n) is 1.42. The van der Waals surface area contributed by atoms with E-state index in [4.69, 9.17) is 0 Å². The van der Waals surface area contributed by atoms with Crippen LogP contribution in [0.25, 0.3) is 0 Å². The number of carbonyl (C=O) groups excluding carboxylic acids is 1. The summed E-state index contributed by atoms with van der Waals surface area (Å²) in [6.45, 7) is 9.41. The van der Waals surface area contributed by atoms with Crippen molar-refractivity contribution in [2.24, 2.45) is 5.92 Å². The predicted octanol–water partition coefficient (Wildman–Crippen LogP) is 2.49. The van der Waals surface area contributed by atoms with Gasteiger partial charge >= 0.3 is 0 Å². The van der Waals surface area contributed by atoms with Crippen LogP contribution in [0.4, 0.5) is 0 Å². The lowest BCUT2D eigenvalue weighted by Gasteiger charge is -2.22. The molecular formula is C10H14O. The molecule has 0 aromatic rings. The van der Waals surface area contributed by atoms with Gasteiger partial charge < -0.3 is 0 Å². The zero-order valence-electron chi connectivity index (χ0n) is 7.02. The summed E-state index contributed by atoms with van der Waals surface area (Å²) >= 11 is 0. The highest BCUT2D eigenvalue weighted by Gasteiger charge is 2.21. The fraction of sp³-hybridized carbons (Fsp3) is 0.500. The maximum atomic E-state index is 11.0. The first-order valence-electron chi connectivity index (χ1n) is 3.97. The van der Waals surface area contributed by atoms with Crippen LogP contribution >= 0.6 is 0 Å². The zero-order valence-corrected chi connectivity index (χ0v) is 7.02. The fourth-order valence-corrected chi connectivity index (χ4v) is 1.42. The van der Waals surface area contributed by atoms with Crippen molar-refractivity contribution in [2.75, 3.05) is 0 Å². The number of ketones is 1. The molecule has 0 saturated heterocycles. The Morgan fingerprint density at radius 2 is 2.09 bits per heavy atom. The molecule has 0 aromatic carbocycles. The van der Waals surface area contributed by atoms with Gasteiger partial charge in [-0.1, -0.05) is 24.3 Å². The van der Waals surface area contributed by atoms with Gasteiger partial charge in [0.1, 0.15) is 5.78 Å². The summed E-state index contributed by atoms with van der Waals surface area (Å²) in [6.07, 6.45) is 2.74. The first kappa shape index (κ1) is 8.25. The molecule has 0 bridgehead atoms. The highest BCUT2D eigenvalue weighted by atomic mass is 16.1. The molecule has 0 aliphatic heterocycles. The molecule has 1 unspecified atom stereocenters. The van der Waals surface area contributed by atoms with Gasteiger partial charge in [0.25, 0.3) is 0 Å². The van der Waals surface area contributed by atoms with Crippen LogP contribution in [0.5, 0.6) is 0 Å². The Balaban J connectivity index is 2.60. The van der Waals surface area contributed by atoms with Crippen molar-refractivity contribution in [3.05, 3.63) is 24.3 Å². The summed E-state index contributed by atoms with van der Waals surface area (Å²) in [5, 5.41) is 0.